The second-order valence-corrected chi connectivity index (χ2v) is 6.21. The number of cyclic esters (lactones) is 1. The molecule has 0 fully saturated rings. The molecule has 5 nitrogen and oxygen atoms in total. The number of furan rings is 1. The van der Waals surface area contributed by atoms with E-state index in [2.05, 4.69) is 4.99 Å². The van der Waals surface area contributed by atoms with Gasteiger partial charge in [0.1, 0.15) is 17.3 Å². The number of rotatable bonds is 4. The maximum atomic E-state index is 12.1. The maximum Gasteiger partial charge on any atom is 0.363 e. The monoisotopic (exact) mass is 379 g/mol. The van der Waals surface area contributed by atoms with Crippen LogP contribution in [0.2, 0.25) is 5.02 Å². The van der Waals surface area contributed by atoms with Crippen molar-refractivity contribution in [2.75, 3.05) is 7.11 Å². The molecule has 0 spiro atoms. The van der Waals surface area contributed by atoms with Crippen molar-refractivity contribution in [3.63, 3.8) is 0 Å². The van der Waals surface area contributed by atoms with Gasteiger partial charge in [0.25, 0.3) is 0 Å². The van der Waals surface area contributed by atoms with Crippen LogP contribution in [0, 0.1) is 0 Å². The zero-order valence-electron chi connectivity index (χ0n) is 14.3. The Balaban J connectivity index is 1.60. The van der Waals surface area contributed by atoms with Gasteiger partial charge in [0, 0.05) is 22.2 Å². The third kappa shape index (κ3) is 3.64. The number of carbonyl (C=O) groups excluding carboxylic acids is 1. The Kier molecular flexibility index (Phi) is 4.52. The van der Waals surface area contributed by atoms with Crippen LogP contribution >= 0.6 is 11.6 Å². The summed E-state index contributed by atoms with van der Waals surface area (Å²) in [5, 5.41) is 0.622. The van der Waals surface area contributed by atoms with Gasteiger partial charge in [0.2, 0.25) is 5.90 Å². The molecular weight excluding hydrogens is 366 g/mol. The third-order valence-electron chi connectivity index (χ3n) is 3.97. The number of esters is 1. The summed E-state index contributed by atoms with van der Waals surface area (Å²) in [5.74, 6) is 1.58. The lowest BCUT2D eigenvalue weighted by molar-refractivity contribution is -0.129. The maximum absolute atomic E-state index is 12.1. The normalized spacial score (nSPS) is 15.0. The van der Waals surface area contributed by atoms with Crippen LogP contribution in [-0.2, 0) is 9.53 Å². The van der Waals surface area contributed by atoms with Crippen LogP contribution in [0.5, 0.6) is 5.75 Å². The molecule has 0 unspecified atom stereocenters. The molecule has 1 aliphatic rings. The van der Waals surface area contributed by atoms with Crippen LogP contribution in [-0.4, -0.2) is 19.0 Å². The fourth-order valence-electron chi connectivity index (χ4n) is 2.63. The van der Waals surface area contributed by atoms with Crippen molar-refractivity contribution in [3.8, 4) is 17.1 Å². The molecule has 0 radical (unpaired) electrons. The summed E-state index contributed by atoms with van der Waals surface area (Å²) in [5.41, 5.74) is 1.71. The molecule has 0 N–H and O–H groups in total. The summed E-state index contributed by atoms with van der Waals surface area (Å²) >= 11 is 6.01. The van der Waals surface area contributed by atoms with Crippen LogP contribution < -0.4 is 4.74 Å². The molecule has 6 heteroatoms. The van der Waals surface area contributed by atoms with E-state index < -0.39 is 5.97 Å². The predicted molar refractivity (Wildman–Crippen MR) is 103 cm³/mol. The van der Waals surface area contributed by atoms with Gasteiger partial charge in [-0.15, -0.1) is 0 Å². The SMILES string of the molecule is COc1ccc(C2=N/C(=C\c3ccc(-c4cccc(Cl)c4)o3)C(=O)O2)cc1. The molecule has 3 aromatic rings. The fraction of sp³-hybridized carbons (Fsp3) is 0.0476. The number of methoxy groups -OCH3 is 1. The van der Waals surface area contributed by atoms with Crippen molar-refractivity contribution in [1.82, 2.24) is 0 Å². The minimum Gasteiger partial charge on any atom is -0.497 e. The van der Waals surface area contributed by atoms with Gasteiger partial charge in [-0.25, -0.2) is 9.79 Å². The molecule has 2 heterocycles. The number of hydrogen-bond acceptors (Lipinski definition) is 5. The smallest absolute Gasteiger partial charge is 0.363 e. The van der Waals surface area contributed by atoms with E-state index in [1.54, 1.807) is 55.7 Å². The molecule has 1 aliphatic heterocycles. The number of hydrogen-bond donors (Lipinski definition) is 0. The Morgan fingerprint density at radius 1 is 1.04 bits per heavy atom. The van der Waals surface area contributed by atoms with Crippen molar-refractivity contribution in [1.29, 1.82) is 0 Å². The Morgan fingerprint density at radius 3 is 2.59 bits per heavy atom. The van der Waals surface area contributed by atoms with Gasteiger partial charge in [0.15, 0.2) is 5.70 Å². The number of nitrogens with zero attached hydrogens (tertiary/aromatic N) is 1. The van der Waals surface area contributed by atoms with Gasteiger partial charge in [0.05, 0.1) is 7.11 Å². The molecule has 4 rings (SSSR count). The van der Waals surface area contributed by atoms with Crippen LogP contribution in [0.1, 0.15) is 11.3 Å². The molecule has 27 heavy (non-hydrogen) atoms. The minimum atomic E-state index is -0.526. The zero-order chi connectivity index (χ0) is 18.8. The second-order valence-electron chi connectivity index (χ2n) is 5.78. The Morgan fingerprint density at radius 2 is 1.85 bits per heavy atom. The second kappa shape index (κ2) is 7.13. The first kappa shape index (κ1) is 17.1. The standard InChI is InChI=1S/C21H14ClNO4/c1-25-16-7-5-13(6-8-16)20-23-18(21(24)27-20)12-17-9-10-19(26-17)14-3-2-4-15(22)11-14/h2-12H,1H3/b18-12-. The Hall–Kier alpha value is -3.31. The van der Waals surface area contributed by atoms with E-state index >= 15 is 0 Å². The largest absolute Gasteiger partial charge is 0.497 e. The first-order chi connectivity index (χ1) is 13.1. The highest BCUT2D eigenvalue weighted by atomic mass is 35.5. The van der Waals surface area contributed by atoms with Gasteiger partial charge in [-0.1, -0.05) is 23.7 Å². The molecule has 0 aliphatic carbocycles. The molecular formula is C21H14ClNO4. The molecule has 1 aromatic heterocycles. The van der Waals surface area contributed by atoms with Crippen LogP contribution in [0.4, 0.5) is 0 Å². The van der Waals surface area contributed by atoms with Gasteiger partial charge < -0.3 is 13.9 Å². The zero-order valence-corrected chi connectivity index (χ0v) is 15.1. The topological polar surface area (TPSA) is 61.0 Å². The first-order valence-corrected chi connectivity index (χ1v) is 8.53. The molecule has 2 aromatic carbocycles. The molecule has 0 saturated carbocycles. The summed E-state index contributed by atoms with van der Waals surface area (Å²) in [6, 6.07) is 18.0. The predicted octanol–water partition coefficient (Wildman–Crippen LogP) is 4.95. The summed E-state index contributed by atoms with van der Waals surface area (Å²) in [6.45, 7) is 0. The highest BCUT2D eigenvalue weighted by molar-refractivity contribution is 6.30. The van der Waals surface area contributed by atoms with Gasteiger partial charge in [-0.2, -0.15) is 0 Å². The first-order valence-electron chi connectivity index (χ1n) is 8.15. The number of aliphatic imine (C=N–C) groups is 1. The summed E-state index contributed by atoms with van der Waals surface area (Å²) in [4.78, 5) is 16.4. The van der Waals surface area contributed by atoms with Crippen LogP contribution in [0.25, 0.3) is 17.4 Å². The van der Waals surface area contributed by atoms with Crippen molar-refractivity contribution >= 4 is 29.5 Å². The average molecular weight is 380 g/mol. The molecule has 0 bridgehead atoms. The summed E-state index contributed by atoms with van der Waals surface area (Å²) in [7, 11) is 1.59. The van der Waals surface area contributed by atoms with Gasteiger partial charge >= 0.3 is 5.97 Å². The summed E-state index contributed by atoms with van der Waals surface area (Å²) in [6.07, 6.45) is 1.55. The van der Waals surface area contributed by atoms with Crippen LogP contribution in [0.15, 0.2) is 75.8 Å². The highest BCUT2D eigenvalue weighted by Crippen LogP contribution is 2.27. The fourth-order valence-corrected chi connectivity index (χ4v) is 2.82. The van der Waals surface area contributed by atoms with Crippen molar-refractivity contribution in [2.24, 2.45) is 4.99 Å². The number of ether oxygens (including phenoxy) is 2. The van der Waals surface area contributed by atoms with E-state index in [-0.39, 0.29) is 11.6 Å². The van der Waals surface area contributed by atoms with Crippen molar-refractivity contribution in [2.45, 2.75) is 0 Å². The molecule has 134 valence electrons. The van der Waals surface area contributed by atoms with Crippen molar-refractivity contribution in [3.05, 3.63) is 82.7 Å². The lowest BCUT2D eigenvalue weighted by Gasteiger charge is -2.01. The Labute approximate surface area is 160 Å². The van der Waals surface area contributed by atoms with Gasteiger partial charge in [-0.05, 0) is 48.5 Å². The Bertz CT molecular complexity index is 1060. The van der Waals surface area contributed by atoms with E-state index in [1.165, 1.54) is 0 Å². The quantitative estimate of drug-likeness (QED) is 0.475. The third-order valence-corrected chi connectivity index (χ3v) is 4.21. The van der Waals surface area contributed by atoms with E-state index in [1.807, 2.05) is 18.2 Å². The highest BCUT2D eigenvalue weighted by Gasteiger charge is 2.24. The lowest BCUT2D eigenvalue weighted by atomic mass is 10.2. The van der Waals surface area contributed by atoms with Gasteiger partial charge in [-0.3, -0.25) is 0 Å². The van der Waals surface area contributed by atoms with Crippen molar-refractivity contribution < 1.29 is 18.7 Å². The van der Waals surface area contributed by atoms with E-state index in [0.717, 1.165) is 5.56 Å². The molecule has 0 saturated heterocycles. The lowest BCUT2D eigenvalue weighted by Crippen LogP contribution is -2.05. The number of carbonyl (C=O) groups is 1. The average Bonchev–Trinajstić information content (AvgIpc) is 3.29. The van der Waals surface area contributed by atoms with E-state index in [9.17, 15) is 4.79 Å². The summed E-state index contributed by atoms with van der Waals surface area (Å²) < 4.78 is 16.2. The number of halogens is 1. The molecule has 0 atom stereocenters. The minimum absolute atomic E-state index is 0.174. The van der Waals surface area contributed by atoms with E-state index in [4.69, 9.17) is 25.5 Å². The number of benzene rings is 2. The molecule has 0 amide bonds. The van der Waals surface area contributed by atoms with E-state index in [0.29, 0.717) is 27.9 Å². The van der Waals surface area contributed by atoms with Crippen LogP contribution in [0.3, 0.4) is 0 Å².